The van der Waals surface area contributed by atoms with E-state index in [1.807, 2.05) is 24.3 Å². The summed E-state index contributed by atoms with van der Waals surface area (Å²) in [5.74, 6) is -2.12. The number of carboxylic acid groups (broad SMARTS) is 1. The van der Waals surface area contributed by atoms with Crippen molar-refractivity contribution in [3.63, 3.8) is 0 Å². The first-order chi connectivity index (χ1) is 15.7. The van der Waals surface area contributed by atoms with Crippen LogP contribution in [0.3, 0.4) is 0 Å². The average Bonchev–Trinajstić information content (AvgIpc) is 2.80. The molecule has 0 bridgehead atoms. The minimum absolute atomic E-state index is 0.106. The summed E-state index contributed by atoms with van der Waals surface area (Å²) >= 11 is 0. The van der Waals surface area contributed by atoms with Crippen molar-refractivity contribution in [2.75, 3.05) is 6.61 Å². The summed E-state index contributed by atoms with van der Waals surface area (Å²) in [4.78, 5) is 40.8. The van der Waals surface area contributed by atoms with Crippen molar-refractivity contribution in [2.45, 2.75) is 32.5 Å². The van der Waals surface area contributed by atoms with E-state index in [0.717, 1.165) is 16.7 Å². The number of aromatic hydroxyl groups is 1. The van der Waals surface area contributed by atoms with Crippen molar-refractivity contribution in [1.29, 1.82) is 0 Å². The van der Waals surface area contributed by atoms with E-state index in [0.29, 0.717) is 6.61 Å². The molecule has 1 aromatic heterocycles. The molecule has 170 valence electrons. The fourth-order valence-corrected chi connectivity index (χ4v) is 3.83. The topological polar surface area (TPSA) is 131 Å². The Hall–Kier alpha value is -3.98. The number of hydrogen-bond donors (Lipinski definition) is 3. The Kier molecular flexibility index (Phi) is 5.73. The molecule has 2 heterocycles. The molecule has 0 fully saturated rings. The Labute approximate surface area is 189 Å². The van der Waals surface area contributed by atoms with E-state index < -0.39 is 28.8 Å². The number of hydrogen-bond acceptors (Lipinski definition) is 6. The van der Waals surface area contributed by atoms with Crippen molar-refractivity contribution in [3.05, 3.63) is 81.5 Å². The predicted octanol–water partition coefficient (Wildman–Crippen LogP) is 2.51. The van der Waals surface area contributed by atoms with E-state index in [-0.39, 0.29) is 30.2 Å². The van der Waals surface area contributed by atoms with Gasteiger partial charge in [-0.1, -0.05) is 36.4 Å². The van der Waals surface area contributed by atoms with Crippen LogP contribution < -0.4 is 10.9 Å². The highest BCUT2D eigenvalue weighted by molar-refractivity contribution is 5.94. The second kappa shape index (κ2) is 8.51. The van der Waals surface area contributed by atoms with Crippen LogP contribution in [0.5, 0.6) is 5.75 Å². The van der Waals surface area contributed by atoms with E-state index >= 15 is 0 Å². The third-order valence-corrected chi connectivity index (χ3v) is 5.58. The van der Waals surface area contributed by atoms with Gasteiger partial charge in [0.25, 0.3) is 11.5 Å². The summed E-state index contributed by atoms with van der Waals surface area (Å²) in [6, 6.07) is 13.8. The molecule has 33 heavy (non-hydrogen) atoms. The lowest BCUT2D eigenvalue weighted by Gasteiger charge is -2.32. The van der Waals surface area contributed by atoms with Crippen LogP contribution >= 0.6 is 0 Å². The fourth-order valence-electron chi connectivity index (χ4n) is 3.83. The molecule has 0 unspecified atom stereocenters. The van der Waals surface area contributed by atoms with Gasteiger partial charge in [-0.15, -0.1) is 0 Å². The average molecular weight is 449 g/mol. The molecule has 2 aromatic carbocycles. The second-order valence-electron chi connectivity index (χ2n) is 8.17. The summed E-state index contributed by atoms with van der Waals surface area (Å²) in [6.07, 6.45) is 0. The molecule has 3 N–H and O–H groups in total. The molecule has 0 radical (unpaired) electrons. The van der Waals surface area contributed by atoms with Gasteiger partial charge in [-0.05, 0) is 42.7 Å². The van der Waals surface area contributed by atoms with Crippen LogP contribution in [0.25, 0.3) is 11.1 Å². The maximum Gasteiger partial charge on any atom is 0.335 e. The van der Waals surface area contributed by atoms with E-state index in [2.05, 4.69) is 10.3 Å². The number of carbonyl (C=O) groups excluding carboxylic acids is 1. The molecule has 0 saturated heterocycles. The Morgan fingerprint density at radius 3 is 2.55 bits per heavy atom. The number of carbonyl (C=O) groups is 2. The van der Waals surface area contributed by atoms with Gasteiger partial charge in [0.2, 0.25) is 5.75 Å². The second-order valence-corrected chi connectivity index (χ2v) is 8.17. The summed E-state index contributed by atoms with van der Waals surface area (Å²) in [7, 11) is 0. The first kappa shape index (κ1) is 22.2. The first-order valence-corrected chi connectivity index (χ1v) is 10.4. The molecular formula is C24H23N3O6. The van der Waals surface area contributed by atoms with Gasteiger partial charge in [-0.3, -0.25) is 14.2 Å². The normalized spacial score (nSPS) is 14.4. The van der Waals surface area contributed by atoms with Crippen molar-refractivity contribution < 1.29 is 24.5 Å². The maximum absolute atomic E-state index is 12.9. The van der Waals surface area contributed by atoms with E-state index in [9.17, 15) is 19.5 Å². The van der Waals surface area contributed by atoms with E-state index in [1.165, 1.54) is 16.7 Å². The van der Waals surface area contributed by atoms with Gasteiger partial charge in [0, 0.05) is 6.54 Å². The minimum Gasteiger partial charge on any atom is -0.501 e. The van der Waals surface area contributed by atoms with Gasteiger partial charge in [0.15, 0.2) is 5.69 Å². The smallest absolute Gasteiger partial charge is 0.335 e. The van der Waals surface area contributed by atoms with Crippen molar-refractivity contribution in [3.8, 4) is 16.9 Å². The number of nitrogens with one attached hydrogen (secondary N) is 1. The molecule has 0 spiro atoms. The fraction of sp³-hybridized carbons (Fsp3) is 0.250. The predicted molar refractivity (Wildman–Crippen MR) is 119 cm³/mol. The molecule has 1 aliphatic heterocycles. The summed E-state index contributed by atoms with van der Waals surface area (Å²) in [5, 5.41) is 22.2. The van der Waals surface area contributed by atoms with Crippen LogP contribution in [-0.4, -0.2) is 38.2 Å². The SMILES string of the molecule is CC1(C)OCCn2c1nc(C(=O)NCc1ccccc1-c1ccc(C(=O)O)cc1)c(O)c2=O. The number of carboxylic acids is 1. The minimum atomic E-state index is -1.01. The largest absolute Gasteiger partial charge is 0.501 e. The number of benzene rings is 2. The summed E-state index contributed by atoms with van der Waals surface area (Å²) in [5.41, 5.74) is 0.634. The van der Waals surface area contributed by atoms with Gasteiger partial charge in [0.05, 0.1) is 18.7 Å². The lowest BCUT2D eigenvalue weighted by atomic mass is 9.98. The van der Waals surface area contributed by atoms with Crippen molar-refractivity contribution in [2.24, 2.45) is 0 Å². The van der Waals surface area contributed by atoms with Crippen LogP contribution in [-0.2, 0) is 23.4 Å². The Balaban J connectivity index is 1.60. The molecule has 0 aliphatic carbocycles. The molecule has 9 heteroatoms. The number of amides is 1. The van der Waals surface area contributed by atoms with Crippen LogP contribution in [0.2, 0.25) is 0 Å². The van der Waals surface area contributed by atoms with Gasteiger partial charge in [0.1, 0.15) is 11.4 Å². The Bertz CT molecular complexity index is 1290. The van der Waals surface area contributed by atoms with Crippen LogP contribution in [0.15, 0.2) is 53.3 Å². The third kappa shape index (κ3) is 4.22. The lowest BCUT2D eigenvalue weighted by Crippen LogP contribution is -2.42. The number of rotatable bonds is 5. The zero-order chi connectivity index (χ0) is 23.8. The monoisotopic (exact) mass is 449 g/mol. The highest BCUT2D eigenvalue weighted by atomic mass is 16.5. The number of fused-ring (bicyclic) bond motifs is 1. The van der Waals surface area contributed by atoms with Crippen LogP contribution in [0.4, 0.5) is 0 Å². The van der Waals surface area contributed by atoms with Crippen LogP contribution in [0, 0.1) is 0 Å². The summed E-state index contributed by atoms with van der Waals surface area (Å²) < 4.78 is 6.99. The quantitative estimate of drug-likeness (QED) is 0.545. The highest BCUT2D eigenvalue weighted by Gasteiger charge is 2.34. The zero-order valence-corrected chi connectivity index (χ0v) is 18.2. The van der Waals surface area contributed by atoms with E-state index in [4.69, 9.17) is 9.84 Å². The molecule has 0 saturated carbocycles. The van der Waals surface area contributed by atoms with Gasteiger partial charge < -0.3 is 20.3 Å². The third-order valence-electron chi connectivity index (χ3n) is 5.58. The molecule has 4 rings (SSSR count). The van der Waals surface area contributed by atoms with E-state index in [1.54, 1.807) is 26.0 Å². The molecule has 1 amide bonds. The maximum atomic E-state index is 12.9. The highest BCUT2D eigenvalue weighted by Crippen LogP contribution is 2.28. The standard InChI is InChI=1S/C24H23N3O6/c1-24(2)23-26-18(19(28)21(30)27(23)11-12-33-24)20(29)25-13-16-5-3-4-6-17(16)14-7-9-15(10-8-14)22(31)32/h3-10,28H,11-13H2,1-2H3,(H,25,29)(H,31,32). The zero-order valence-electron chi connectivity index (χ0n) is 18.2. The van der Waals surface area contributed by atoms with Crippen molar-refractivity contribution >= 4 is 11.9 Å². The van der Waals surface area contributed by atoms with Crippen molar-refractivity contribution in [1.82, 2.24) is 14.9 Å². The molecule has 1 aliphatic rings. The van der Waals surface area contributed by atoms with Gasteiger partial charge in [-0.2, -0.15) is 0 Å². The number of ether oxygens (including phenoxy) is 1. The van der Waals surface area contributed by atoms with Gasteiger partial charge >= 0.3 is 5.97 Å². The number of nitrogens with zero attached hydrogens (tertiary/aromatic N) is 2. The molecule has 3 aromatic rings. The molecule has 0 atom stereocenters. The number of aromatic carboxylic acids is 1. The van der Waals surface area contributed by atoms with Crippen LogP contribution in [0.1, 0.15) is 46.1 Å². The molecular weight excluding hydrogens is 426 g/mol. The first-order valence-electron chi connectivity index (χ1n) is 10.4. The lowest BCUT2D eigenvalue weighted by molar-refractivity contribution is -0.0566. The Morgan fingerprint density at radius 2 is 1.85 bits per heavy atom. The Morgan fingerprint density at radius 1 is 1.15 bits per heavy atom. The number of aromatic nitrogens is 2. The summed E-state index contributed by atoms with van der Waals surface area (Å²) in [6.45, 7) is 4.14. The van der Waals surface area contributed by atoms with Gasteiger partial charge in [-0.25, -0.2) is 9.78 Å². The molecule has 9 nitrogen and oxygen atoms in total.